The van der Waals surface area contributed by atoms with Gasteiger partial charge in [0.05, 0.1) is 0 Å². The molecule has 0 aromatic rings. The van der Waals surface area contributed by atoms with Gasteiger partial charge >= 0.3 is 11.9 Å². The number of hydrogen-bond acceptors (Lipinski definition) is 2. The van der Waals surface area contributed by atoms with E-state index >= 15 is 0 Å². The van der Waals surface area contributed by atoms with E-state index < -0.39 is 11.9 Å². The Morgan fingerprint density at radius 1 is 0.846 bits per heavy atom. The number of carboxylic acids is 2. The molecule has 0 saturated heterocycles. The highest BCUT2D eigenvalue weighted by Crippen LogP contribution is 2.00. The average molecular weight is 190 g/mol. The van der Waals surface area contributed by atoms with E-state index in [0.29, 0.717) is 0 Å². The van der Waals surface area contributed by atoms with Crippen molar-refractivity contribution in [3.8, 4) is 0 Å². The standard InChI is InChI=1S/C7H16.C2H2O4/c1-3-5-7-6-4-2;3-1(4)2(5)6/h3-7H2,1-2H3;(H,3,4)(H,5,6). The Morgan fingerprint density at radius 3 is 1.31 bits per heavy atom. The van der Waals surface area contributed by atoms with Crippen molar-refractivity contribution < 1.29 is 19.8 Å². The fraction of sp³-hybridized carbons (Fsp3) is 0.778. The largest absolute Gasteiger partial charge is 0.473 e. The predicted octanol–water partition coefficient (Wildman–Crippen LogP) is 2.13. The molecule has 0 aliphatic heterocycles. The summed E-state index contributed by atoms with van der Waals surface area (Å²) in [6.07, 6.45) is 7.01. The maximum Gasteiger partial charge on any atom is 0.414 e. The summed E-state index contributed by atoms with van der Waals surface area (Å²) in [6, 6.07) is 0. The highest BCUT2D eigenvalue weighted by Gasteiger charge is 2.04. The first-order valence-corrected chi connectivity index (χ1v) is 4.52. The Balaban J connectivity index is 0. The van der Waals surface area contributed by atoms with Crippen LogP contribution in [-0.2, 0) is 9.59 Å². The summed E-state index contributed by atoms with van der Waals surface area (Å²) < 4.78 is 0. The molecule has 0 aliphatic rings. The van der Waals surface area contributed by atoms with E-state index in [1.54, 1.807) is 0 Å². The van der Waals surface area contributed by atoms with Gasteiger partial charge in [0.2, 0.25) is 0 Å². The first-order chi connectivity index (χ1) is 6.06. The molecule has 4 nitrogen and oxygen atoms in total. The van der Waals surface area contributed by atoms with Gasteiger partial charge < -0.3 is 10.2 Å². The van der Waals surface area contributed by atoms with Gasteiger partial charge in [-0.15, -0.1) is 0 Å². The molecule has 0 bridgehead atoms. The quantitative estimate of drug-likeness (QED) is 0.526. The molecule has 0 unspecified atom stereocenters. The normalized spacial score (nSPS) is 8.46. The lowest BCUT2D eigenvalue weighted by Crippen LogP contribution is -2.09. The molecule has 0 aromatic carbocycles. The highest BCUT2D eigenvalue weighted by atomic mass is 16.4. The predicted molar refractivity (Wildman–Crippen MR) is 49.7 cm³/mol. The summed E-state index contributed by atoms with van der Waals surface area (Å²) in [5.41, 5.74) is 0. The van der Waals surface area contributed by atoms with Gasteiger partial charge in [0.15, 0.2) is 0 Å². The molecule has 13 heavy (non-hydrogen) atoms. The summed E-state index contributed by atoms with van der Waals surface area (Å²) in [5, 5.41) is 14.8. The van der Waals surface area contributed by atoms with Gasteiger partial charge in [0, 0.05) is 0 Å². The molecule has 0 aromatic heterocycles. The second-order valence-electron chi connectivity index (χ2n) is 2.67. The van der Waals surface area contributed by atoms with Gasteiger partial charge in [-0.1, -0.05) is 46.0 Å². The topological polar surface area (TPSA) is 74.6 Å². The summed E-state index contributed by atoms with van der Waals surface area (Å²) in [5.74, 6) is -3.65. The molecule has 0 radical (unpaired) electrons. The van der Waals surface area contributed by atoms with Gasteiger partial charge in [0.25, 0.3) is 0 Å². The van der Waals surface area contributed by atoms with Crippen LogP contribution in [0.15, 0.2) is 0 Å². The van der Waals surface area contributed by atoms with Crippen LogP contribution >= 0.6 is 0 Å². The minimum atomic E-state index is -1.82. The van der Waals surface area contributed by atoms with Crippen LogP contribution in [-0.4, -0.2) is 22.2 Å². The van der Waals surface area contributed by atoms with Crippen LogP contribution in [0.1, 0.15) is 46.0 Å². The van der Waals surface area contributed by atoms with E-state index in [2.05, 4.69) is 13.8 Å². The van der Waals surface area contributed by atoms with E-state index in [0.717, 1.165) is 0 Å². The van der Waals surface area contributed by atoms with Crippen molar-refractivity contribution in [2.75, 3.05) is 0 Å². The zero-order valence-electron chi connectivity index (χ0n) is 8.25. The lowest BCUT2D eigenvalue weighted by molar-refractivity contribution is -0.159. The van der Waals surface area contributed by atoms with E-state index in [1.165, 1.54) is 32.1 Å². The van der Waals surface area contributed by atoms with Crippen LogP contribution in [0, 0.1) is 0 Å². The zero-order chi connectivity index (χ0) is 10.7. The van der Waals surface area contributed by atoms with Crippen molar-refractivity contribution in [3.05, 3.63) is 0 Å². The van der Waals surface area contributed by atoms with Crippen LogP contribution in [0.2, 0.25) is 0 Å². The average Bonchev–Trinajstić information content (AvgIpc) is 2.06. The Kier molecular flexibility index (Phi) is 12.2. The van der Waals surface area contributed by atoms with Crippen LogP contribution in [0.5, 0.6) is 0 Å². The Labute approximate surface area is 78.6 Å². The SMILES string of the molecule is CCCCCCC.O=C(O)C(=O)O. The maximum atomic E-state index is 9.10. The number of hydrogen-bond donors (Lipinski definition) is 2. The minimum Gasteiger partial charge on any atom is -0.473 e. The van der Waals surface area contributed by atoms with Crippen molar-refractivity contribution in [1.82, 2.24) is 0 Å². The van der Waals surface area contributed by atoms with E-state index in [1.807, 2.05) is 0 Å². The van der Waals surface area contributed by atoms with Crippen molar-refractivity contribution in [1.29, 1.82) is 0 Å². The zero-order valence-corrected chi connectivity index (χ0v) is 8.25. The molecule has 0 amide bonds. The molecule has 0 atom stereocenters. The monoisotopic (exact) mass is 190 g/mol. The minimum absolute atomic E-state index is 1.36. The number of aliphatic carboxylic acids is 2. The molecule has 4 heteroatoms. The molecule has 0 heterocycles. The fourth-order valence-electron chi connectivity index (χ4n) is 0.677. The smallest absolute Gasteiger partial charge is 0.414 e. The van der Waals surface area contributed by atoms with Crippen molar-refractivity contribution in [2.45, 2.75) is 46.0 Å². The fourth-order valence-corrected chi connectivity index (χ4v) is 0.677. The van der Waals surface area contributed by atoms with E-state index in [9.17, 15) is 0 Å². The molecule has 0 rings (SSSR count). The Morgan fingerprint density at radius 2 is 1.15 bits per heavy atom. The summed E-state index contributed by atoms with van der Waals surface area (Å²) >= 11 is 0. The van der Waals surface area contributed by atoms with Gasteiger partial charge in [-0.2, -0.15) is 0 Å². The van der Waals surface area contributed by atoms with Crippen LogP contribution in [0.25, 0.3) is 0 Å². The first kappa shape index (κ1) is 14.5. The van der Waals surface area contributed by atoms with Gasteiger partial charge in [-0.3, -0.25) is 0 Å². The summed E-state index contributed by atoms with van der Waals surface area (Å²) in [6.45, 7) is 4.49. The molecular formula is C9H18O4. The van der Waals surface area contributed by atoms with Crippen molar-refractivity contribution >= 4 is 11.9 Å². The van der Waals surface area contributed by atoms with Gasteiger partial charge in [-0.25, -0.2) is 9.59 Å². The van der Waals surface area contributed by atoms with Crippen LogP contribution in [0.4, 0.5) is 0 Å². The first-order valence-electron chi connectivity index (χ1n) is 4.52. The molecule has 2 N–H and O–H groups in total. The number of carboxylic acid groups (broad SMARTS) is 2. The third-order valence-corrected chi connectivity index (χ3v) is 1.39. The highest BCUT2D eigenvalue weighted by molar-refractivity contribution is 6.27. The number of rotatable bonds is 4. The summed E-state index contributed by atoms with van der Waals surface area (Å²) in [4.78, 5) is 18.2. The molecular weight excluding hydrogens is 172 g/mol. The van der Waals surface area contributed by atoms with Crippen molar-refractivity contribution in [3.63, 3.8) is 0 Å². The second-order valence-corrected chi connectivity index (χ2v) is 2.67. The van der Waals surface area contributed by atoms with Gasteiger partial charge in [-0.05, 0) is 0 Å². The number of unbranched alkanes of at least 4 members (excludes halogenated alkanes) is 4. The van der Waals surface area contributed by atoms with Crippen LogP contribution < -0.4 is 0 Å². The lowest BCUT2D eigenvalue weighted by Gasteiger charge is -1.90. The maximum absolute atomic E-state index is 9.10. The molecule has 0 aliphatic carbocycles. The third kappa shape index (κ3) is 18.2. The lowest BCUT2D eigenvalue weighted by atomic mass is 10.2. The molecule has 0 fully saturated rings. The number of carbonyl (C=O) groups is 2. The third-order valence-electron chi connectivity index (χ3n) is 1.39. The Bertz CT molecular complexity index is 127. The molecule has 0 spiro atoms. The molecule has 78 valence electrons. The Hall–Kier alpha value is -1.06. The van der Waals surface area contributed by atoms with E-state index in [-0.39, 0.29) is 0 Å². The van der Waals surface area contributed by atoms with Crippen molar-refractivity contribution in [2.24, 2.45) is 0 Å². The second kappa shape index (κ2) is 10.9. The summed E-state index contributed by atoms with van der Waals surface area (Å²) in [7, 11) is 0. The molecule has 0 saturated carbocycles. The van der Waals surface area contributed by atoms with Gasteiger partial charge in [0.1, 0.15) is 0 Å². The van der Waals surface area contributed by atoms with E-state index in [4.69, 9.17) is 19.8 Å². The van der Waals surface area contributed by atoms with Crippen LogP contribution in [0.3, 0.4) is 0 Å².